The number of aromatic nitrogens is 1. The standard InChI is InChI=1S/C36H42N4O4S/c1-25-18-35(14-16-38-25)45(42,43)34-12-10-32(11-13-34)40-23-28(24-40)22-39-17-15-30(20-33(39)21-37)29-8-6-27(7-9-29)19-31-4-3-5-36(31)44-26(2)41/h6-14,16,18,28,30-31,33,36H,3-5,15,17,19-20,22-24H2,1-2H3. The van der Waals surface area contributed by atoms with Crippen LogP contribution in [0.2, 0.25) is 0 Å². The molecule has 4 unspecified atom stereocenters. The summed E-state index contributed by atoms with van der Waals surface area (Å²) in [5.41, 5.74) is 4.28. The number of pyridine rings is 1. The minimum atomic E-state index is -3.58. The maximum absolute atomic E-state index is 13.0. The number of nitriles is 1. The van der Waals surface area contributed by atoms with Crippen molar-refractivity contribution in [1.82, 2.24) is 9.88 Å². The molecule has 45 heavy (non-hydrogen) atoms. The number of rotatable bonds is 9. The van der Waals surface area contributed by atoms with Crippen LogP contribution in [0.15, 0.2) is 76.7 Å². The first-order valence-electron chi connectivity index (χ1n) is 16.1. The number of aryl methyl sites for hydroxylation is 1. The number of likely N-dealkylation sites (tertiary alicyclic amines) is 1. The lowest BCUT2D eigenvalue weighted by molar-refractivity contribution is -0.148. The average Bonchev–Trinajstić information content (AvgIpc) is 3.44. The molecule has 0 spiro atoms. The molecule has 3 aromatic rings. The SMILES string of the molecule is CC(=O)OC1CCCC1Cc1ccc(C2CCN(CC3CN(c4ccc(S(=O)(=O)c5ccnc(C)c5)cc4)C3)C(C#N)C2)cc1. The molecule has 2 aromatic carbocycles. The van der Waals surface area contributed by atoms with Crippen molar-refractivity contribution in [2.24, 2.45) is 11.8 Å². The Kier molecular flexibility index (Phi) is 9.25. The van der Waals surface area contributed by atoms with Crippen LogP contribution in [0, 0.1) is 30.1 Å². The van der Waals surface area contributed by atoms with Crippen molar-refractivity contribution in [2.75, 3.05) is 31.1 Å². The number of carbonyl (C=O) groups excluding carboxylic acids is 1. The highest BCUT2D eigenvalue weighted by Gasteiger charge is 2.35. The predicted octanol–water partition coefficient (Wildman–Crippen LogP) is 5.71. The zero-order valence-corrected chi connectivity index (χ0v) is 27.0. The molecule has 6 rings (SSSR count). The number of carbonyl (C=O) groups is 1. The molecule has 2 saturated heterocycles. The van der Waals surface area contributed by atoms with Crippen molar-refractivity contribution < 1.29 is 17.9 Å². The molecule has 8 nitrogen and oxygen atoms in total. The molecule has 4 atom stereocenters. The lowest BCUT2D eigenvalue weighted by Gasteiger charge is -2.45. The van der Waals surface area contributed by atoms with E-state index in [-0.39, 0.29) is 27.9 Å². The summed E-state index contributed by atoms with van der Waals surface area (Å²) in [5, 5.41) is 10.0. The van der Waals surface area contributed by atoms with E-state index in [0.717, 1.165) is 70.4 Å². The molecule has 3 fully saturated rings. The van der Waals surface area contributed by atoms with E-state index < -0.39 is 9.84 Å². The van der Waals surface area contributed by atoms with Crippen LogP contribution in [0.4, 0.5) is 5.69 Å². The second-order valence-corrected chi connectivity index (χ2v) is 15.0. The van der Waals surface area contributed by atoms with Crippen LogP contribution in [-0.4, -0.2) is 62.6 Å². The molecule has 0 N–H and O–H groups in total. The Labute approximate surface area is 266 Å². The molecular formula is C36H42N4O4S. The molecule has 236 valence electrons. The van der Waals surface area contributed by atoms with Crippen molar-refractivity contribution in [3.05, 3.63) is 83.7 Å². The van der Waals surface area contributed by atoms with Gasteiger partial charge in [-0.05, 0) is 111 Å². The lowest BCUT2D eigenvalue weighted by atomic mass is 9.84. The summed E-state index contributed by atoms with van der Waals surface area (Å²) >= 11 is 0. The minimum Gasteiger partial charge on any atom is -0.462 e. The van der Waals surface area contributed by atoms with Gasteiger partial charge in [0.05, 0.1) is 21.9 Å². The molecule has 3 heterocycles. The Bertz CT molecular complexity index is 1650. The van der Waals surface area contributed by atoms with Gasteiger partial charge in [0.2, 0.25) is 9.84 Å². The number of esters is 1. The van der Waals surface area contributed by atoms with E-state index in [2.05, 4.69) is 45.1 Å². The Morgan fingerprint density at radius 2 is 1.78 bits per heavy atom. The van der Waals surface area contributed by atoms with Gasteiger partial charge in [-0.1, -0.05) is 24.3 Å². The fourth-order valence-corrected chi connectivity index (χ4v) is 8.72. The van der Waals surface area contributed by atoms with E-state index in [4.69, 9.17) is 4.74 Å². The highest BCUT2D eigenvalue weighted by atomic mass is 32.2. The number of ether oxygens (including phenoxy) is 1. The van der Waals surface area contributed by atoms with Gasteiger partial charge >= 0.3 is 5.97 Å². The van der Waals surface area contributed by atoms with Gasteiger partial charge in [0.1, 0.15) is 6.10 Å². The minimum absolute atomic E-state index is 0.0393. The first-order valence-corrected chi connectivity index (χ1v) is 17.6. The number of sulfone groups is 1. The number of hydrogen-bond donors (Lipinski definition) is 0. The maximum atomic E-state index is 13.0. The molecule has 1 saturated carbocycles. The number of anilines is 1. The van der Waals surface area contributed by atoms with Crippen LogP contribution in [0.3, 0.4) is 0 Å². The monoisotopic (exact) mass is 626 g/mol. The summed E-state index contributed by atoms with van der Waals surface area (Å²) in [4.78, 5) is 20.7. The van der Waals surface area contributed by atoms with Gasteiger partial charge in [0.15, 0.2) is 0 Å². The van der Waals surface area contributed by atoms with Gasteiger partial charge in [0.25, 0.3) is 0 Å². The van der Waals surface area contributed by atoms with Crippen LogP contribution in [0.5, 0.6) is 0 Å². The summed E-state index contributed by atoms with van der Waals surface area (Å²) in [6.45, 7) is 6.88. The zero-order chi connectivity index (χ0) is 31.6. The summed E-state index contributed by atoms with van der Waals surface area (Å²) in [6.07, 6.45) is 7.55. The topological polar surface area (TPSA) is 104 Å². The van der Waals surface area contributed by atoms with Crippen molar-refractivity contribution in [2.45, 2.75) is 80.2 Å². The van der Waals surface area contributed by atoms with Crippen LogP contribution in [0.1, 0.15) is 61.8 Å². The van der Waals surface area contributed by atoms with Crippen molar-refractivity contribution in [1.29, 1.82) is 5.26 Å². The van der Waals surface area contributed by atoms with Gasteiger partial charge in [0, 0.05) is 50.1 Å². The molecule has 1 aromatic heterocycles. The predicted molar refractivity (Wildman–Crippen MR) is 173 cm³/mol. The van der Waals surface area contributed by atoms with E-state index in [1.165, 1.54) is 30.3 Å². The highest BCUT2D eigenvalue weighted by molar-refractivity contribution is 7.91. The van der Waals surface area contributed by atoms with E-state index in [0.29, 0.717) is 23.4 Å². The van der Waals surface area contributed by atoms with Gasteiger partial charge in [-0.15, -0.1) is 0 Å². The molecule has 0 radical (unpaired) electrons. The molecule has 0 amide bonds. The van der Waals surface area contributed by atoms with Gasteiger partial charge in [-0.25, -0.2) is 8.42 Å². The van der Waals surface area contributed by atoms with Crippen LogP contribution in [-0.2, 0) is 25.8 Å². The largest absolute Gasteiger partial charge is 0.462 e. The second-order valence-electron chi connectivity index (χ2n) is 13.0. The maximum Gasteiger partial charge on any atom is 0.302 e. The van der Waals surface area contributed by atoms with Gasteiger partial charge in [-0.3, -0.25) is 14.7 Å². The normalized spacial score (nSPS) is 24.2. The van der Waals surface area contributed by atoms with Gasteiger partial charge < -0.3 is 9.64 Å². The third-order valence-electron chi connectivity index (χ3n) is 9.86. The lowest BCUT2D eigenvalue weighted by Crippen LogP contribution is -2.54. The average molecular weight is 627 g/mol. The zero-order valence-electron chi connectivity index (χ0n) is 26.1. The Morgan fingerprint density at radius 1 is 1.02 bits per heavy atom. The summed E-state index contributed by atoms with van der Waals surface area (Å²) in [5.74, 6) is 1.06. The highest BCUT2D eigenvalue weighted by Crippen LogP contribution is 2.35. The number of nitrogens with zero attached hydrogens (tertiary/aromatic N) is 4. The molecular weight excluding hydrogens is 584 g/mol. The molecule has 3 aliphatic rings. The quantitative estimate of drug-likeness (QED) is 0.279. The van der Waals surface area contributed by atoms with Crippen LogP contribution < -0.4 is 4.90 Å². The Hall–Kier alpha value is -3.74. The molecule has 1 aliphatic carbocycles. The van der Waals surface area contributed by atoms with E-state index >= 15 is 0 Å². The van der Waals surface area contributed by atoms with E-state index in [1.54, 1.807) is 25.1 Å². The third kappa shape index (κ3) is 7.08. The van der Waals surface area contributed by atoms with E-state index in [1.807, 2.05) is 12.1 Å². The fourth-order valence-electron chi connectivity index (χ4n) is 7.39. The first kappa shape index (κ1) is 31.3. The van der Waals surface area contributed by atoms with E-state index in [9.17, 15) is 18.5 Å². The van der Waals surface area contributed by atoms with Crippen LogP contribution in [0.25, 0.3) is 0 Å². The smallest absolute Gasteiger partial charge is 0.302 e. The van der Waals surface area contributed by atoms with Crippen LogP contribution >= 0.6 is 0 Å². The third-order valence-corrected chi connectivity index (χ3v) is 11.6. The summed E-state index contributed by atoms with van der Waals surface area (Å²) in [6, 6.07) is 21.7. The Morgan fingerprint density at radius 3 is 2.47 bits per heavy atom. The van der Waals surface area contributed by atoms with Crippen molar-refractivity contribution >= 4 is 21.5 Å². The van der Waals surface area contributed by atoms with Crippen molar-refractivity contribution in [3.8, 4) is 6.07 Å². The second kappa shape index (κ2) is 13.3. The number of benzene rings is 2. The van der Waals surface area contributed by atoms with Gasteiger partial charge in [-0.2, -0.15) is 5.26 Å². The van der Waals surface area contributed by atoms with Crippen molar-refractivity contribution in [3.63, 3.8) is 0 Å². The molecule has 9 heteroatoms. The number of hydrogen-bond acceptors (Lipinski definition) is 8. The summed E-state index contributed by atoms with van der Waals surface area (Å²) < 4.78 is 31.6. The fraction of sp³-hybridized carbons (Fsp3) is 0.472. The molecule has 2 aliphatic heterocycles. The summed E-state index contributed by atoms with van der Waals surface area (Å²) in [7, 11) is -3.58. The molecule has 0 bridgehead atoms. The number of piperidine rings is 1. The first-order chi connectivity index (χ1) is 21.7. The Balaban J connectivity index is 0.987.